The van der Waals surface area contributed by atoms with Crippen LogP contribution in [0.15, 0.2) is 11.8 Å². The van der Waals surface area contributed by atoms with E-state index in [0.29, 0.717) is 22.9 Å². The molecule has 136 valence electrons. The second-order valence-corrected chi connectivity index (χ2v) is 10.6. The van der Waals surface area contributed by atoms with Crippen LogP contribution in [0.2, 0.25) is 0 Å². The molecule has 0 saturated heterocycles. The fourth-order valence-corrected chi connectivity index (χ4v) is 7.93. The van der Waals surface area contributed by atoms with Gasteiger partial charge in [-0.2, -0.15) is 0 Å². The van der Waals surface area contributed by atoms with Crippen molar-refractivity contribution >= 4 is 5.78 Å². The number of allylic oxidation sites excluding steroid dienone is 2. The number of carbonyl (C=O) groups is 1. The van der Waals surface area contributed by atoms with Gasteiger partial charge in [-0.05, 0) is 78.9 Å². The van der Waals surface area contributed by atoms with Crippen LogP contribution < -0.4 is 0 Å². The molecule has 0 aromatic heterocycles. The zero-order valence-electron chi connectivity index (χ0n) is 16.6. The topological polar surface area (TPSA) is 21.4 Å². The number of hydrogen-bond donors (Lipinski definition) is 0. The van der Waals surface area contributed by atoms with E-state index < -0.39 is 5.41 Å². The third-order valence-electron chi connectivity index (χ3n) is 9.51. The van der Waals surface area contributed by atoms with Gasteiger partial charge in [0.1, 0.15) is 0 Å². The summed E-state index contributed by atoms with van der Waals surface area (Å²) in [6, 6.07) is 0. The number of ketones is 1. The van der Waals surface area contributed by atoms with E-state index in [1.54, 1.807) is 0 Å². The Balaban J connectivity index is 1.77. The van der Waals surface area contributed by atoms with Crippen LogP contribution in [0.4, 0.5) is 0 Å². The van der Waals surface area contributed by atoms with Gasteiger partial charge in [-0.1, -0.05) is 40.7 Å². The molecule has 2 heteroatoms. The summed E-state index contributed by atoms with van der Waals surface area (Å²) in [7, 11) is 0. The molecule has 0 heterocycles. The molecule has 4 aliphatic rings. The molecule has 5 unspecified atom stereocenters. The lowest BCUT2D eigenvalue weighted by atomic mass is 9.42. The van der Waals surface area contributed by atoms with Gasteiger partial charge < -0.3 is 4.79 Å². The summed E-state index contributed by atoms with van der Waals surface area (Å²) in [4.78, 5) is 16.5. The van der Waals surface area contributed by atoms with E-state index >= 15 is 0 Å². The second-order valence-electron chi connectivity index (χ2n) is 10.6. The van der Waals surface area contributed by atoms with Crippen LogP contribution >= 0.6 is 0 Å². The molecule has 3 saturated carbocycles. The fraction of sp³-hybridized carbons (Fsp3) is 0.826. The highest BCUT2D eigenvalue weighted by Gasteiger charge is 2.62. The highest BCUT2D eigenvalue weighted by molar-refractivity contribution is 6.02. The van der Waals surface area contributed by atoms with Crippen molar-refractivity contribution in [2.45, 2.75) is 73.1 Å². The number of carbonyl (C=O) groups excluding carboxylic acids is 1. The van der Waals surface area contributed by atoms with E-state index in [2.05, 4.69) is 45.5 Å². The lowest BCUT2D eigenvalue weighted by Crippen LogP contribution is -2.57. The molecule has 0 bridgehead atoms. The molecule has 25 heavy (non-hydrogen) atoms. The fourth-order valence-electron chi connectivity index (χ4n) is 7.93. The molecule has 0 aromatic carbocycles. The van der Waals surface area contributed by atoms with E-state index in [1.165, 1.54) is 32.1 Å². The summed E-state index contributed by atoms with van der Waals surface area (Å²) in [6.45, 7) is 19.1. The summed E-state index contributed by atoms with van der Waals surface area (Å²) in [5, 5.41) is 0. The summed E-state index contributed by atoms with van der Waals surface area (Å²) in [5.74, 6) is 3.61. The van der Waals surface area contributed by atoms with Crippen molar-refractivity contribution in [2.75, 3.05) is 0 Å². The maximum atomic E-state index is 12.8. The predicted octanol–water partition coefficient (Wildman–Crippen LogP) is 5.89. The Morgan fingerprint density at radius 3 is 2.44 bits per heavy atom. The van der Waals surface area contributed by atoms with Crippen LogP contribution in [0.25, 0.3) is 4.85 Å². The maximum absolute atomic E-state index is 12.8. The molecule has 0 spiro atoms. The lowest BCUT2D eigenvalue weighted by molar-refractivity contribution is -0.142. The Kier molecular flexibility index (Phi) is 3.61. The molecule has 4 aliphatic carbocycles. The van der Waals surface area contributed by atoms with Gasteiger partial charge in [0.2, 0.25) is 5.70 Å². The normalized spacial score (nSPS) is 51.0. The van der Waals surface area contributed by atoms with Crippen molar-refractivity contribution in [3.05, 3.63) is 23.2 Å². The summed E-state index contributed by atoms with van der Waals surface area (Å²) < 4.78 is 0. The minimum absolute atomic E-state index is 0.0212. The zero-order chi connectivity index (χ0) is 18.2. The molecule has 0 aromatic rings. The first-order valence-electron chi connectivity index (χ1n) is 10.3. The third kappa shape index (κ3) is 2.05. The van der Waals surface area contributed by atoms with Crippen LogP contribution in [-0.2, 0) is 4.79 Å². The first-order chi connectivity index (χ1) is 11.7. The van der Waals surface area contributed by atoms with Gasteiger partial charge in [-0.15, -0.1) is 0 Å². The molecular weight excluding hydrogens is 306 g/mol. The minimum Gasteiger partial charge on any atom is -0.307 e. The number of hydrogen-bond acceptors (Lipinski definition) is 1. The lowest BCUT2D eigenvalue weighted by Gasteiger charge is -2.62. The summed E-state index contributed by atoms with van der Waals surface area (Å²) >= 11 is 0. The van der Waals surface area contributed by atoms with Crippen LogP contribution in [0.1, 0.15) is 73.1 Å². The maximum Gasteiger partial charge on any atom is 0.226 e. The highest BCUT2D eigenvalue weighted by Crippen LogP contribution is 2.68. The first kappa shape index (κ1) is 17.3. The molecule has 0 aliphatic heterocycles. The van der Waals surface area contributed by atoms with Gasteiger partial charge in [0, 0.05) is 5.41 Å². The molecule has 7 atom stereocenters. The standard InChI is InChI=1S/C23H33NO/c1-14-7-9-16-15-8-10-19-21(2,3)20(25)18(24-6)13-23(19,5)17(15)11-12-22(14,16)4/h13-17,19H,7-12H2,1-5H3/t14?,15?,16?,17?,19?,22-,23-/m1/s1. The average molecular weight is 340 g/mol. The van der Waals surface area contributed by atoms with E-state index in [9.17, 15) is 4.79 Å². The van der Waals surface area contributed by atoms with Crippen LogP contribution in [0, 0.1) is 52.4 Å². The van der Waals surface area contributed by atoms with Crippen molar-refractivity contribution in [2.24, 2.45) is 45.8 Å². The van der Waals surface area contributed by atoms with E-state index in [1.807, 2.05) is 0 Å². The molecule has 3 fully saturated rings. The van der Waals surface area contributed by atoms with E-state index in [4.69, 9.17) is 6.57 Å². The smallest absolute Gasteiger partial charge is 0.226 e. The Labute approximate surface area is 153 Å². The monoisotopic (exact) mass is 339 g/mol. The number of nitrogens with zero attached hydrogens (tertiary/aromatic N) is 1. The first-order valence-corrected chi connectivity index (χ1v) is 10.3. The Morgan fingerprint density at radius 2 is 1.76 bits per heavy atom. The Morgan fingerprint density at radius 1 is 1.04 bits per heavy atom. The van der Waals surface area contributed by atoms with Gasteiger partial charge in [-0.3, -0.25) is 0 Å². The van der Waals surface area contributed by atoms with Crippen molar-refractivity contribution < 1.29 is 4.79 Å². The van der Waals surface area contributed by atoms with Gasteiger partial charge in [-0.25, -0.2) is 4.85 Å². The molecule has 2 nitrogen and oxygen atoms in total. The van der Waals surface area contributed by atoms with Gasteiger partial charge in [0.15, 0.2) is 5.78 Å². The second kappa shape index (κ2) is 5.21. The molecule has 0 N–H and O–H groups in total. The molecule has 0 amide bonds. The Bertz CT molecular complexity index is 683. The van der Waals surface area contributed by atoms with Gasteiger partial charge >= 0.3 is 0 Å². The van der Waals surface area contributed by atoms with E-state index in [0.717, 1.165) is 24.2 Å². The average Bonchev–Trinajstić information content (AvgIpc) is 2.86. The van der Waals surface area contributed by atoms with Crippen LogP contribution in [-0.4, -0.2) is 5.78 Å². The van der Waals surface area contributed by atoms with Crippen LogP contribution in [0.3, 0.4) is 0 Å². The quantitative estimate of drug-likeness (QED) is 0.504. The number of rotatable bonds is 0. The summed E-state index contributed by atoms with van der Waals surface area (Å²) in [5.41, 5.74) is 0.569. The van der Waals surface area contributed by atoms with Crippen molar-refractivity contribution in [1.82, 2.24) is 0 Å². The number of Topliss-reactive ketones (excluding diaryl/α,β-unsaturated/α-hetero) is 1. The third-order valence-corrected chi connectivity index (χ3v) is 9.51. The highest BCUT2D eigenvalue weighted by atomic mass is 16.1. The van der Waals surface area contributed by atoms with Crippen molar-refractivity contribution in [1.29, 1.82) is 0 Å². The predicted molar refractivity (Wildman–Crippen MR) is 101 cm³/mol. The zero-order valence-corrected chi connectivity index (χ0v) is 16.6. The minimum atomic E-state index is -0.391. The van der Waals surface area contributed by atoms with Crippen molar-refractivity contribution in [3.8, 4) is 0 Å². The largest absolute Gasteiger partial charge is 0.307 e. The Hall–Kier alpha value is -1.10. The van der Waals surface area contributed by atoms with Crippen LogP contribution in [0.5, 0.6) is 0 Å². The van der Waals surface area contributed by atoms with Crippen molar-refractivity contribution in [3.63, 3.8) is 0 Å². The molecular formula is C23H33NO. The number of fused-ring (bicyclic) bond motifs is 5. The van der Waals surface area contributed by atoms with Gasteiger partial charge in [0.05, 0.1) is 6.57 Å². The van der Waals surface area contributed by atoms with Gasteiger partial charge in [0.25, 0.3) is 0 Å². The summed E-state index contributed by atoms with van der Waals surface area (Å²) in [6.07, 6.45) is 9.95. The van der Waals surface area contributed by atoms with E-state index in [-0.39, 0.29) is 11.2 Å². The molecule has 0 radical (unpaired) electrons. The SMILES string of the molecule is [C-]#[N+]C1=C[C@]2(C)C3CC[C@]4(C)C(C)CCC4C3CCC2C(C)(C)C1=O. The molecule has 4 rings (SSSR count).